The molecule has 2 aromatic rings. The van der Waals surface area contributed by atoms with Gasteiger partial charge in [-0.25, -0.2) is 4.79 Å². The molecule has 0 bridgehead atoms. The minimum atomic E-state index is -0.858. The molecule has 0 saturated heterocycles. The Morgan fingerprint density at radius 2 is 2.32 bits per heavy atom. The average Bonchev–Trinajstić information content (AvgIpc) is 2.95. The van der Waals surface area contributed by atoms with Crippen LogP contribution in [-0.4, -0.2) is 32.5 Å². The summed E-state index contributed by atoms with van der Waals surface area (Å²) >= 11 is 2.75. The highest BCUT2D eigenvalue weighted by molar-refractivity contribution is 7.99. The smallest absolute Gasteiger partial charge is 0.318 e. The number of aromatic nitrogens is 3. The average molecular weight is 297 g/mol. The summed E-state index contributed by atoms with van der Waals surface area (Å²) < 4.78 is 1.80. The number of carbonyl (C=O) groups is 2. The van der Waals surface area contributed by atoms with Gasteiger partial charge in [-0.15, -0.1) is 21.5 Å². The van der Waals surface area contributed by atoms with Crippen molar-refractivity contribution in [1.82, 2.24) is 20.1 Å². The van der Waals surface area contributed by atoms with E-state index in [9.17, 15) is 9.59 Å². The minimum absolute atomic E-state index is 0.0549. The van der Waals surface area contributed by atoms with E-state index < -0.39 is 11.9 Å². The van der Waals surface area contributed by atoms with E-state index in [-0.39, 0.29) is 5.75 Å². The Morgan fingerprint density at radius 1 is 1.53 bits per heavy atom. The molecule has 0 aromatic carbocycles. The predicted molar refractivity (Wildman–Crippen MR) is 72.8 cm³/mol. The van der Waals surface area contributed by atoms with Crippen LogP contribution in [0.2, 0.25) is 0 Å². The second-order valence-corrected chi connectivity index (χ2v) is 5.43. The van der Waals surface area contributed by atoms with E-state index in [1.807, 2.05) is 29.9 Å². The maximum Gasteiger partial charge on any atom is 0.318 e. The topological polar surface area (TPSA) is 103 Å². The van der Waals surface area contributed by atoms with Crippen molar-refractivity contribution in [2.75, 3.05) is 5.75 Å². The lowest BCUT2D eigenvalue weighted by molar-refractivity contribution is -0.117. The summed E-state index contributed by atoms with van der Waals surface area (Å²) in [5.41, 5.74) is 4.85. The molecule has 0 spiro atoms. The molecular formula is C10H11N5O2S2. The van der Waals surface area contributed by atoms with E-state index in [1.54, 1.807) is 15.9 Å². The number of thioether (sulfide) groups is 1. The fourth-order valence-corrected chi connectivity index (χ4v) is 2.82. The van der Waals surface area contributed by atoms with Gasteiger partial charge in [0.15, 0.2) is 11.0 Å². The Morgan fingerprint density at radius 3 is 2.95 bits per heavy atom. The Hall–Kier alpha value is -1.87. The first-order valence-corrected chi connectivity index (χ1v) is 7.10. The number of thiophene rings is 1. The zero-order valence-electron chi connectivity index (χ0n) is 9.99. The summed E-state index contributed by atoms with van der Waals surface area (Å²) in [6.45, 7) is 0. The highest BCUT2D eigenvalue weighted by atomic mass is 32.2. The molecule has 0 fully saturated rings. The Bertz CT molecular complexity index is 593. The van der Waals surface area contributed by atoms with Crippen LogP contribution in [0.1, 0.15) is 0 Å². The number of nitrogens with one attached hydrogen (secondary N) is 1. The molecule has 0 aliphatic carbocycles. The number of carbonyl (C=O) groups excluding carboxylic acids is 2. The summed E-state index contributed by atoms with van der Waals surface area (Å²) in [6.07, 6.45) is 0. The zero-order chi connectivity index (χ0) is 13.8. The van der Waals surface area contributed by atoms with Gasteiger partial charge in [-0.05, 0) is 11.4 Å². The van der Waals surface area contributed by atoms with Crippen molar-refractivity contribution in [1.29, 1.82) is 0 Å². The van der Waals surface area contributed by atoms with Crippen molar-refractivity contribution in [3.63, 3.8) is 0 Å². The normalized spacial score (nSPS) is 10.4. The van der Waals surface area contributed by atoms with Crippen LogP contribution < -0.4 is 11.1 Å². The van der Waals surface area contributed by atoms with E-state index in [2.05, 4.69) is 10.2 Å². The summed E-state index contributed by atoms with van der Waals surface area (Å²) in [6, 6.07) is 3.02. The standard InChI is InChI=1S/C10H11N5O2S2/c1-15-8(6-3-2-4-18-6)13-14-10(15)19-5-7(16)12-9(11)17/h2-4H,5H2,1H3,(H3,11,12,16,17). The summed E-state index contributed by atoms with van der Waals surface area (Å²) in [7, 11) is 1.82. The van der Waals surface area contributed by atoms with Crippen LogP contribution in [0.5, 0.6) is 0 Å². The molecule has 9 heteroatoms. The fourth-order valence-electron chi connectivity index (χ4n) is 1.36. The molecular weight excluding hydrogens is 286 g/mol. The summed E-state index contributed by atoms with van der Waals surface area (Å²) in [4.78, 5) is 22.8. The quantitative estimate of drug-likeness (QED) is 0.814. The van der Waals surface area contributed by atoms with Crippen LogP contribution in [0.25, 0.3) is 10.7 Å². The molecule has 0 radical (unpaired) electrons. The number of hydrogen-bond acceptors (Lipinski definition) is 6. The monoisotopic (exact) mass is 297 g/mol. The maximum absolute atomic E-state index is 11.3. The SMILES string of the molecule is Cn1c(SCC(=O)NC(N)=O)nnc1-c1cccs1. The van der Waals surface area contributed by atoms with Crippen LogP contribution >= 0.6 is 23.1 Å². The second-order valence-electron chi connectivity index (χ2n) is 3.54. The number of primary amides is 1. The van der Waals surface area contributed by atoms with Crippen LogP contribution in [0.4, 0.5) is 4.79 Å². The minimum Gasteiger partial charge on any atom is -0.351 e. The zero-order valence-corrected chi connectivity index (χ0v) is 11.6. The van der Waals surface area contributed by atoms with Gasteiger partial charge in [0.25, 0.3) is 0 Å². The molecule has 2 rings (SSSR count). The lowest BCUT2D eigenvalue weighted by Crippen LogP contribution is -2.36. The molecule has 0 atom stereocenters. The van der Waals surface area contributed by atoms with Crippen LogP contribution in [0, 0.1) is 0 Å². The largest absolute Gasteiger partial charge is 0.351 e. The van der Waals surface area contributed by atoms with Gasteiger partial charge in [-0.1, -0.05) is 17.8 Å². The fraction of sp³-hybridized carbons (Fsp3) is 0.200. The first-order chi connectivity index (χ1) is 9.08. The van der Waals surface area contributed by atoms with E-state index in [0.717, 1.165) is 10.7 Å². The van der Waals surface area contributed by atoms with Gasteiger partial charge in [0.1, 0.15) is 0 Å². The third-order valence-corrected chi connectivity index (χ3v) is 4.06. The number of nitrogens with two attached hydrogens (primary N) is 1. The van der Waals surface area contributed by atoms with Crippen molar-refractivity contribution in [2.24, 2.45) is 12.8 Å². The molecule has 19 heavy (non-hydrogen) atoms. The van der Waals surface area contributed by atoms with Gasteiger partial charge in [0, 0.05) is 7.05 Å². The van der Waals surface area contributed by atoms with E-state index in [1.165, 1.54) is 11.8 Å². The molecule has 2 aromatic heterocycles. The van der Waals surface area contributed by atoms with Crippen molar-refractivity contribution in [3.8, 4) is 10.7 Å². The highest BCUT2D eigenvalue weighted by Crippen LogP contribution is 2.25. The van der Waals surface area contributed by atoms with Crippen LogP contribution in [0.3, 0.4) is 0 Å². The second kappa shape index (κ2) is 5.85. The molecule has 0 unspecified atom stereocenters. The number of imide groups is 1. The number of hydrogen-bond donors (Lipinski definition) is 2. The highest BCUT2D eigenvalue weighted by Gasteiger charge is 2.13. The molecule has 0 aliphatic heterocycles. The molecule has 3 N–H and O–H groups in total. The number of urea groups is 1. The van der Waals surface area contributed by atoms with Gasteiger partial charge >= 0.3 is 6.03 Å². The lowest BCUT2D eigenvalue weighted by Gasteiger charge is -2.02. The maximum atomic E-state index is 11.3. The molecule has 100 valence electrons. The first kappa shape index (κ1) is 13.6. The van der Waals surface area contributed by atoms with Crippen molar-refractivity contribution in [3.05, 3.63) is 17.5 Å². The molecule has 0 aliphatic rings. The van der Waals surface area contributed by atoms with Gasteiger partial charge < -0.3 is 10.3 Å². The molecule has 3 amide bonds. The van der Waals surface area contributed by atoms with E-state index in [4.69, 9.17) is 5.73 Å². The van der Waals surface area contributed by atoms with E-state index in [0.29, 0.717) is 5.16 Å². The third kappa shape index (κ3) is 3.32. The lowest BCUT2D eigenvalue weighted by atomic mass is 10.4. The number of amides is 3. The van der Waals surface area contributed by atoms with Crippen LogP contribution in [-0.2, 0) is 11.8 Å². The third-order valence-electron chi connectivity index (χ3n) is 2.17. The Labute approximate surface area is 117 Å². The first-order valence-electron chi connectivity index (χ1n) is 5.23. The molecule has 2 heterocycles. The summed E-state index contributed by atoms with van der Waals surface area (Å²) in [5, 5.41) is 12.6. The van der Waals surface area contributed by atoms with Crippen LogP contribution in [0.15, 0.2) is 22.7 Å². The Balaban J connectivity index is 2.03. The van der Waals surface area contributed by atoms with Crippen molar-refractivity contribution in [2.45, 2.75) is 5.16 Å². The van der Waals surface area contributed by atoms with E-state index >= 15 is 0 Å². The molecule has 0 saturated carbocycles. The Kier molecular flexibility index (Phi) is 4.17. The van der Waals surface area contributed by atoms with Gasteiger partial charge in [-0.3, -0.25) is 10.1 Å². The number of nitrogens with zero attached hydrogens (tertiary/aromatic N) is 3. The van der Waals surface area contributed by atoms with Gasteiger partial charge in [-0.2, -0.15) is 0 Å². The number of rotatable bonds is 4. The van der Waals surface area contributed by atoms with Crippen molar-refractivity contribution >= 4 is 35.0 Å². The predicted octanol–water partition coefficient (Wildman–Crippen LogP) is 0.831. The molecule has 7 nitrogen and oxygen atoms in total. The summed E-state index contributed by atoms with van der Waals surface area (Å²) in [5.74, 6) is 0.338. The van der Waals surface area contributed by atoms with Crippen molar-refractivity contribution < 1.29 is 9.59 Å². The van der Waals surface area contributed by atoms with Gasteiger partial charge in [0.2, 0.25) is 5.91 Å². The van der Waals surface area contributed by atoms with Gasteiger partial charge in [0.05, 0.1) is 10.6 Å².